The molecule has 0 amide bonds. The zero-order valence-electron chi connectivity index (χ0n) is 16.1. The molecule has 10 heteroatoms. The van der Waals surface area contributed by atoms with Gasteiger partial charge in [0.1, 0.15) is 10.8 Å². The van der Waals surface area contributed by atoms with Crippen LogP contribution in [0.25, 0.3) is 0 Å². The summed E-state index contributed by atoms with van der Waals surface area (Å²) in [6.07, 6.45) is -3.11. The predicted molar refractivity (Wildman–Crippen MR) is 107 cm³/mol. The van der Waals surface area contributed by atoms with Crippen molar-refractivity contribution in [2.45, 2.75) is 39.4 Å². The molecule has 2 heterocycles. The Balaban J connectivity index is 1.88. The number of nitrogens with one attached hydrogen (secondary N) is 3. The topological polar surface area (TPSA) is 74.2 Å². The van der Waals surface area contributed by atoms with Crippen molar-refractivity contribution in [2.24, 2.45) is 4.99 Å². The van der Waals surface area contributed by atoms with Gasteiger partial charge in [0, 0.05) is 31.2 Å². The van der Waals surface area contributed by atoms with Crippen LogP contribution in [0.2, 0.25) is 0 Å². The Hall–Kier alpha value is -2.36. The maximum Gasteiger partial charge on any atom is 0.419 e. The summed E-state index contributed by atoms with van der Waals surface area (Å²) in [6.45, 7) is 7.89. The molecular weight excluding hydrogens is 389 g/mol. The molecule has 0 spiro atoms. The Morgan fingerprint density at radius 3 is 2.68 bits per heavy atom. The highest BCUT2D eigenvalue weighted by Gasteiger charge is 2.33. The van der Waals surface area contributed by atoms with Crippen LogP contribution in [-0.4, -0.2) is 35.6 Å². The van der Waals surface area contributed by atoms with Crippen molar-refractivity contribution >= 4 is 23.1 Å². The molecule has 0 bridgehead atoms. The van der Waals surface area contributed by atoms with Gasteiger partial charge in [-0.3, -0.25) is 0 Å². The van der Waals surface area contributed by atoms with Crippen molar-refractivity contribution < 1.29 is 13.2 Å². The molecule has 28 heavy (non-hydrogen) atoms. The van der Waals surface area contributed by atoms with Crippen molar-refractivity contribution in [3.05, 3.63) is 40.0 Å². The third-order valence-electron chi connectivity index (χ3n) is 3.70. The zero-order chi connectivity index (χ0) is 20.6. The summed E-state index contributed by atoms with van der Waals surface area (Å²) < 4.78 is 38.9. The fourth-order valence-electron chi connectivity index (χ4n) is 2.29. The number of alkyl halides is 3. The van der Waals surface area contributed by atoms with E-state index >= 15 is 0 Å². The van der Waals surface area contributed by atoms with Gasteiger partial charge in [0.15, 0.2) is 5.96 Å². The van der Waals surface area contributed by atoms with Gasteiger partial charge in [-0.05, 0) is 25.0 Å². The van der Waals surface area contributed by atoms with E-state index in [1.54, 1.807) is 11.3 Å². The van der Waals surface area contributed by atoms with Gasteiger partial charge in [0.2, 0.25) is 0 Å². The van der Waals surface area contributed by atoms with Gasteiger partial charge < -0.3 is 16.0 Å². The summed E-state index contributed by atoms with van der Waals surface area (Å²) in [6, 6.07) is 2.28. The van der Waals surface area contributed by atoms with Crippen LogP contribution in [0.15, 0.2) is 28.7 Å². The highest BCUT2D eigenvalue weighted by Crippen LogP contribution is 2.33. The van der Waals surface area contributed by atoms with Crippen molar-refractivity contribution in [3.63, 3.8) is 0 Å². The summed E-state index contributed by atoms with van der Waals surface area (Å²) in [5.41, 5.74) is 0.272. The van der Waals surface area contributed by atoms with Gasteiger partial charge in [-0.25, -0.2) is 15.0 Å². The third kappa shape index (κ3) is 6.66. The van der Waals surface area contributed by atoms with Gasteiger partial charge >= 0.3 is 6.18 Å². The molecule has 0 fully saturated rings. The Morgan fingerprint density at radius 2 is 2.04 bits per heavy atom. The number of aromatic nitrogens is 2. The van der Waals surface area contributed by atoms with E-state index in [-0.39, 0.29) is 12.4 Å². The minimum atomic E-state index is -4.44. The molecule has 0 aliphatic heterocycles. The van der Waals surface area contributed by atoms with Gasteiger partial charge in [-0.1, -0.05) is 13.8 Å². The summed E-state index contributed by atoms with van der Waals surface area (Å²) >= 11 is 1.57. The van der Waals surface area contributed by atoms with Crippen LogP contribution >= 0.6 is 11.3 Å². The summed E-state index contributed by atoms with van der Waals surface area (Å²) in [5.74, 6) is 0.782. The number of pyridine rings is 1. The van der Waals surface area contributed by atoms with Gasteiger partial charge in [0.25, 0.3) is 0 Å². The smallest absolute Gasteiger partial charge is 0.368 e. The van der Waals surface area contributed by atoms with E-state index < -0.39 is 11.7 Å². The molecule has 6 nitrogen and oxygen atoms in total. The molecule has 0 saturated carbocycles. The molecule has 0 saturated heterocycles. The van der Waals surface area contributed by atoms with Crippen molar-refractivity contribution in [2.75, 3.05) is 25.0 Å². The lowest BCUT2D eigenvalue weighted by atomic mass is 10.2. The van der Waals surface area contributed by atoms with Crippen LogP contribution in [0.5, 0.6) is 0 Å². The number of halogens is 3. The lowest BCUT2D eigenvalue weighted by Gasteiger charge is -2.14. The van der Waals surface area contributed by atoms with Crippen molar-refractivity contribution in [1.29, 1.82) is 0 Å². The molecular formula is C18H25F3N6S. The van der Waals surface area contributed by atoms with Gasteiger partial charge in [0.05, 0.1) is 17.8 Å². The molecule has 0 atom stereocenters. The second-order valence-corrected chi connectivity index (χ2v) is 7.21. The molecule has 2 aromatic heterocycles. The standard InChI is InChI=1S/C18H25F3N6S/c1-4-22-17(26-10-15-27-14(11-28-15)12(2)3)25-9-8-24-16-13(18(19,20)21)6-5-7-23-16/h5-7,11-12H,4,8-10H2,1-3H3,(H,23,24)(H2,22,25,26). The van der Waals surface area contributed by atoms with Crippen LogP contribution in [-0.2, 0) is 12.7 Å². The van der Waals surface area contributed by atoms with E-state index in [2.05, 4.69) is 44.8 Å². The SMILES string of the molecule is CCNC(=NCc1nc(C(C)C)cs1)NCCNc1ncccc1C(F)(F)F. The number of anilines is 1. The first-order chi connectivity index (χ1) is 13.3. The molecule has 2 aromatic rings. The summed E-state index contributed by atoms with van der Waals surface area (Å²) in [5, 5.41) is 11.9. The quantitative estimate of drug-likeness (QED) is 0.348. The minimum absolute atomic E-state index is 0.178. The van der Waals surface area contributed by atoms with Crippen LogP contribution in [0, 0.1) is 0 Å². The number of nitrogens with zero attached hydrogens (tertiary/aromatic N) is 3. The van der Waals surface area contributed by atoms with Crippen LogP contribution in [0.1, 0.15) is 43.0 Å². The average Bonchev–Trinajstić information content (AvgIpc) is 3.12. The highest BCUT2D eigenvalue weighted by molar-refractivity contribution is 7.09. The lowest BCUT2D eigenvalue weighted by Crippen LogP contribution is -2.39. The minimum Gasteiger partial charge on any atom is -0.368 e. The second kappa shape index (κ2) is 10.3. The van der Waals surface area contributed by atoms with E-state index in [1.165, 1.54) is 12.3 Å². The van der Waals surface area contributed by atoms with E-state index in [0.717, 1.165) is 16.8 Å². The Labute approximate surface area is 166 Å². The average molecular weight is 415 g/mol. The molecule has 3 N–H and O–H groups in total. The number of aliphatic imine (C=N–C) groups is 1. The Morgan fingerprint density at radius 1 is 1.25 bits per heavy atom. The van der Waals surface area contributed by atoms with E-state index in [0.29, 0.717) is 31.5 Å². The molecule has 0 aliphatic rings. The molecule has 154 valence electrons. The Bertz CT molecular complexity index is 773. The van der Waals surface area contributed by atoms with Gasteiger partial charge in [-0.2, -0.15) is 13.2 Å². The van der Waals surface area contributed by atoms with E-state index in [9.17, 15) is 13.2 Å². The normalized spacial score (nSPS) is 12.3. The largest absolute Gasteiger partial charge is 0.419 e. The fourth-order valence-corrected chi connectivity index (χ4v) is 3.17. The fraction of sp³-hybridized carbons (Fsp3) is 0.500. The maximum absolute atomic E-state index is 13.0. The first-order valence-electron chi connectivity index (χ1n) is 9.03. The van der Waals surface area contributed by atoms with Crippen LogP contribution in [0.3, 0.4) is 0 Å². The summed E-state index contributed by atoms with van der Waals surface area (Å²) in [7, 11) is 0. The second-order valence-electron chi connectivity index (χ2n) is 6.27. The number of guanidine groups is 1. The first kappa shape index (κ1) is 21.9. The third-order valence-corrected chi connectivity index (χ3v) is 4.55. The first-order valence-corrected chi connectivity index (χ1v) is 9.91. The molecule has 0 aromatic carbocycles. The number of rotatable bonds is 8. The van der Waals surface area contributed by atoms with E-state index in [4.69, 9.17) is 0 Å². The monoisotopic (exact) mass is 414 g/mol. The van der Waals surface area contributed by atoms with Crippen molar-refractivity contribution in [3.8, 4) is 0 Å². The van der Waals surface area contributed by atoms with Crippen LogP contribution < -0.4 is 16.0 Å². The number of hydrogen-bond donors (Lipinski definition) is 3. The van der Waals surface area contributed by atoms with Crippen molar-refractivity contribution in [1.82, 2.24) is 20.6 Å². The number of hydrogen-bond acceptors (Lipinski definition) is 5. The predicted octanol–water partition coefficient (Wildman–Crippen LogP) is 3.85. The molecule has 0 radical (unpaired) electrons. The maximum atomic E-state index is 13.0. The Kier molecular flexibility index (Phi) is 8.04. The molecule has 0 aliphatic carbocycles. The highest BCUT2D eigenvalue weighted by atomic mass is 32.1. The summed E-state index contributed by atoms with van der Waals surface area (Å²) in [4.78, 5) is 12.8. The van der Waals surface area contributed by atoms with Gasteiger partial charge in [-0.15, -0.1) is 11.3 Å². The van der Waals surface area contributed by atoms with E-state index in [1.807, 2.05) is 12.3 Å². The van der Waals surface area contributed by atoms with Crippen LogP contribution in [0.4, 0.5) is 19.0 Å². The number of thiazole rings is 1. The lowest BCUT2D eigenvalue weighted by molar-refractivity contribution is -0.137. The molecule has 0 unspecified atom stereocenters. The molecule has 2 rings (SSSR count). The zero-order valence-corrected chi connectivity index (χ0v) is 16.9.